The Kier molecular flexibility index (Phi) is 3.91. The normalized spacial score (nSPS) is 29.4. The van der Waals surface area contributed by atoms with Crippen LogP contribution in [-0.4, -0.2) is 29.3 Å². The van der Waals surface area contributed by atoms with E-state index in [2.05, 4.69) is 5.32 Å². The molecule has 2 fully saturated rings. The third kappa shape index (κ3) is 2.79. The van der Waals surface area contributed by atoms with Crippen LogP contribution in [0.5, 0.6) is 0 Å². The Balaban J connectivity index is 1.67. The van der Waals surface area contributed by atoms with Crippen molar-refractivity contribution < 1.29 is 14.6 Å². The van der Waals surface area contributed by atoms with Crippen molar-refractivity contribution >= 4 is 29.1 Å². The zero-order chi connectivity index (χ0) is 14.3. The number of aliphatic hydroxyl groups is 1. The van der Waals surface area contributed by atoms with Crippen LogP contribution < -0.4 is 5.32 Å². The average molecular weight is 316 g/mol. The lowest BCUT2D eigenvalue weighted by molar-refractivity contribution is -0.130. The Morgan fingerprint density at radius 3 is 2.55 bits per heavy atom. The molecule has 0 radical (unpaired) electrons. The highest BCUT2D eigenvalue weighted by atomic mass is 35.5. The smallest absolute Gasteiger partial charge is 0.253 e. The Morgan fingerprint density at radius 2 is 2.00 bits per heavy atom. The fraction of sp³-hybridized carbons (Fsp3) is 0.500. The van der Waals surface area contributed by atoms with E-state index >= 15 is 0 Å². The molecule has 20 heavy (non-hydrogen) atoms. The van der Waals surface area contributed by atoms with Gasteiger partial charge in [0.1, 0.15) is 0 Å². The molecule has 108 valence electrons. The van der Waals surface area contributed by atoms with Gasteiger partial charge in [-0.2, -0.15) is 0 Å². The summed E-state index contributed by atoms with van der Waals surface area (Å²) in [7, 11) is 0. The predicted molar refractivity (Wildman–Crippen MR) is 75.9 cm³/mol. The Morgan fingerprint density at radius 1 is 1.30 bits per heavy atom. The molecule has 4 nitrogen and oxygen atoms in total. The summed E-state index contributed by atoms with van der Waals surface area (Å²) < 4.78 is 5.67. The topological polar surface area (TPSA) is 58.6 Å². The van der Waals surface area contributed by atoms with Gasteiger partial charge < -0.3 is 15.2 Å². The largest absolute Gasteiger partial charge is 0.378 e. The molecule has 1 amide bonds. The molecule has 0 unspecified atom stereocenters. The summed E-state index contributed by atoms with van der Waals surface area (Å²) in [6, 6.07) is 4.62. The second-order valence-corrected chi connectivity index (χ2v) is 6.20. The minimum absolute atomic E-state index is 0.00874. The lowest BCUT2D eigenvalue weighted by Gasteiger charge is -2.22. The van der Waals surface area contributed by atoms with Crippen LogP contribution in [0.15, 0.2) is 18.2 Å². The monoisotopic (exact) mass is 315 g/mol. The number of nitrogens with one attached hydrogen (secondary N) is 1. The molecule has 1 aromatic carbocycles. The van der Waals surface area contributed by atoms with Crippen LogP contribution in [0.25, 0.3) is 0 Å². The van der Waals surface area contributed by atoms with Crippen molar-refractivity contribution in [2.24, 2.45) is 0 Å². The highest BCUT2D eigenvalue weighted by Crippen LogP contribution is 2.34. The van der Waals surface area contributed by atoms with Crippen LogP contribution in [0.4, 0.5) is 0 Å². The number of halogens is 2. The zero-order valence-corrected chi connectivity index (χ0v) is 12.2. The van der Waals surface area contributed by atoms with Gasteiger partial charge >= 0.3 is 0 Å². The molecule has 2 heterocycles. The first-order valence-corrected chi connectivity index (χ1v) is 7.38. The van der Waals surface area contributed by atoms with Crippen LogP contribution in [0.1, 0.15) is 30.9 Å². The number of benzene rings is 1. The van der Waals surface area contributed by atoms with Crippen molar-refractivity contribution in [3.63, 3.8) is 0 Å². The number of hydrogen-bond acceptors (Lipinski definition) is 3. The Labute approximate surface area is 127 Å². The molecule has 0 spiro atoms. The van der Waals surface area contributed by atoms with Gasteiger partial charge in [0.15, 0.2) is 6.10 Å². The Bertz CT molecular complexity index is 517. The lowest BCUT2D eigenvalue weighted by atomic mass is 9.95. The summed E-state index contributed by atoms with van der Waals surface area (Å²) in [6.45, 7) is 0. The van der Waals surface area contributed by atoms with Gasteiger partial charge in [-0.05, 0) is 43.0 Å². The van der Waals surface area contributed by atoms with Gasteiger partial charge in [-0.25, -0.2) is 0 Å². The minimum atomic E-state index is -1.27. The van der Waals surface area contributed by atoms with E-state index in [-0.39, 0.29) is 18.2 Å². The minimum Gasteiger partial charge on any atom is -0.378 e. The molecule has 0 aromatic heterocycles. The summed E-state index contributed by atoms with van der Waals surface area (Å²) in [6.07, 6.45) is 1.91. The molecule has 2 bridgehead atoms. The predicted octanol–water partition coefficient (Wildman–Crippen LogP) is 2.46. The Hall–Kier alpha value is -0.810. The zero-order valence-electron chi connectivity index (χ0n) is 10.7. The molecule has 4 atom stereocenters. The number of fused-ring (bicyclic) bond motifs is 2. The maximum absolute atomic E-state index is 12.1. The number of rotatable bonds is 3. The molecule has 2 N–H and O–H groups in total. The SMILES string of the molecule is O=C(N[C@H]1C[C@H]2CC[C@H]1O2)[C@@H](O)c1cc(Cl)cc(Cl)c1. The van der Waals surface area contributed by atoms with Gasteiger partial charge in [0.05, 0.1) is 18.2 Å². The van der Waals surface area contributed by atoms with E-state index in [1.165, 1.54) is 12.1 Å². The van der Waals surface area contributed by atoms with Crippen LogP contribution >= 0.6 is 23.2 Å². The van der Waals surface area contributed by atoms with E-state index < -0.39 is 12.0 Å². The van der Waals surface area contributed by atoms with Crippen molar-refractivity contribution in [3.8, 4) is 0 Å². The number of carbonyl (C=O) groups is 1. The molecule has 6 heteroatoms. The van der Waals surface area contributed by atoms with E-state index in [9.17, 15) is 9.90 Å². The highest BCUT2D eigenvalue weighted by Gasteiger charge is 2.41. The van der Waals surface area contributed by atoms with Gasteiger partial charge in [-0.3, -0.25) is 4.79 Å². The van der Waals surface area contributed by atoms with Crippen molar-refractivity contribution in [1.82, 2.24) is 5.32 Å². The van der Waals surface area contributed by atoms with Gasteiger partial charge in [-0.1, -0.05) is 23.2 Å². The summed E-state index contributed by atoms with van der Waals surface area (Å²) in [5.74, 6) is -0.440. The maximum atomic E-state index is 12.1. The molecular weight excluding hydrogens is 301 g/mol. The van der Waals surface area contributed by atoms with Crippen LogP contribution in [-0.2, 0) is 9.53 Å². The van der Waals surface area contributed by atoms with Gasteiger partial charge in [0.25, 0.3) is 5.91 Å². The summed E-state index contributed by atoms with van der Waals surface area (Å²) in [5, 5.41) is 13.7. The van der Waals surface area contributed by atoms with Gasteiger partial charge in [0, 0.05) is 10.0 Å². The first kappa shape index (κ1) is 14.1. The maximum Gasteiger partial charge on any atom is 0.253 e. The van der Waals surface area contributed by atoms with E-state index in [1.807, 2.05) is 0 Å². The first-order valence-electron chi connectivity index (χ1n) is 6.63. The fourth-order valence-electron chi connectivity index (χ4n) is 2.94. The van der Waals surface area contributed by atoms with Crippen molar-refractivity contribution in [3.05, 3.63) is 33.8 Å². The number of aliphatic hydroxyl groups excluding tert-OH is 1. The summed E-state index contributed by atoms with van der Waals surface area (Å²) in [5.41, 5.74) is 0.393. The van der Waals surface area contributed by atoms with Crippen LogP contribution in [0.3, 0.4) is 0 Å². The quantitative estimate of drug-likeness (QED) is 0.900. The summed E-state index contributed by atoms with van der Waals surface area (Å²) >= 11 is 11.7. The first-order chi connectivity index (χ1) is 9.52. The molecule has 2 aliphatic heterocycles. The molecule has 2 saturated heterocycles. The van der Waals surface area contributed by atoms with Gasteiger partial charge in [-0.15, -0.1) is 0 Å². The second-order valence-electron chi connectivity index (χ2n) is 5.33. The fourth-order valence-corrected chi connectivity index (χ4v) is 3.48. The molecule has 2 aliphatic rings. The van der Waals surface area contributed by atoms with Gasteiger partial charge in [0.2, 0.25) is 0 Å². The second kappa shape index (κ2) is 5.53. The van der Waals surface area contributed by atoms with Crippen LogP contribution in [0, 0.1) is 0 Å². The van der Waals surface area contributed by atoms with Crippen molar-refractivity contribution in [2.45, 2.75) is 43.6 Å². The molecule has 3 rings (SSSR count). The summed E-state index contributed by atoms with van der Waals surface area (Å²) in [4.78, 5) is 12.1. The van der Waals surface area contributed by atoms with E-state index in [0.717, 1.165) is 19.3 Å². The van der Waals surface area contributed by atoms with Crippen LogP contribution in [0.2, 0.25) is 10.0 Å². The van der Waals surface area contributed by atoms with Crippen molar-refractivity contribution in [2.75, 3.05) is 0 Å². The standard InChI is InChI=1S/C14H15Cl2NO3/c15-8-3-7(4-9(16)5-8)13(18)14(19)17-11-6-10-1-2-12(11)20-10/h3-5,10-13,18H,1-2,6H2,(H,17,19)/t10-,11+,12-,13+/m1/s1. The third-order valence-electron chi connectivity index (χ3n) is 3.88. The molecular formula is C14H15Cl2NO3. The number of hydrogen-bond donors (Lipinski definition) is 2. The average Bonchev–Trinajstić information content (AvgIpc) is 2.98. The van der Waals surface area contributed by atoms with E-state index in [4.69, 9.17) is 27.9 Å². The van der Waals surface area contributed by atoms with E-state index in [1.54, 1.807) is 6.07 Å². The number of amides is 1. The number of ether oxygens (including phenoxy) is 1. The third-order valence-corrected chi connectivity index (χ3v) is 4.32. The van der Waals surface area contributed by atoms with Crippen molar-refractivity contribution in [1.29, 1.82) is 0 Å². The molecule has 1 aromatic rings. The number of carbonyl (C=O) groups excluding carboxylic acids is 1. The molecule has 0 saturated carbocycles. The highest BCUT2D eigenvalue weighted by molar-refractivity contribution is 6.34. The lowest BCUT2D eigenvalue weighted by Crippen LogP contribution is -2.43. The van der Waals surface area contributed by atoms with E-state index in [0.29, 0.717) is 15.6 Å². The molecule has 0 aliphatic carbocycles.